The van der Waals surface area contributed by atoms with Crippen molar-refractivity contribution in [2.24, 2.45) is 5.92 Å². The van der Waals surface area contributed by atoms with Crippen molar-refractivity contribution >= 4 is 0 Å². The predicted molar refractivity (Wildman–Crippen MR) is 52.2 cm³/mol. The highest BCUT2D eigenvalue weighted by atomic mass is 15.0. The molecular weight excluding hydrogens is 146 g/mol. The van der Waals surface area contributed by atoms with Crippen molar-refractivity contribution in [1.29, 1.82) is 0 Å². The molecule has 0 aromatic heterocycles. The van der Waals surface area contributed by atoms with E-state index >= 15 is 0 Å². The molecule has 0 radical (unpaired) electrons. The lowest BCUT2D eigenvalue weighted by molar-refractivity contribution is 0.373. The van der Waals surface area contributed by atoms with Crippen molar-refractivity contribution in [1.82, 2.24) is 5.32 Å². The minimum atomic E-state index is 0.855. The maximum Gasteiger partial charge on any atom is 0.00952 e. The van der Waals surface area contributed by atoms with Crippen molar-refractivity contribution in [3.05, 3.63) is 0 Å². The van der Waals surface area contributed by atoms with Gasteiger partial charge in [0.15, 0.2) is 0 Å². The first kappa shape index (κ1) is 8.55. The van der Waals surface area contributed by atoms with Crippen LogP contribution in [0.25, 0.3) is 0 Å². The molecule has 0 saturated heterocycles. The molecular formula is C11H21N. The van der Waals surface area contributed by atoms with Gasteiger partial charge in [-0.15, -0.1) is 0 Å². The highest BCUT2D eigenvalue weighted by Crippen LogP contribution is 2.27. The molecule has 2 rings (SSSR count). The molecule has 1 N–H and O–H groups in total. The van der Waals surface area contributed by atoms with Crippen molar-refractivity contribution in [2.75, 3.05) is 0 Å². The molecule has 2 fully saturated rings. The Hall–Kier alpha value is -0.0400. The van der Waals surface area contributed by atoms with Crippen LogP contribution in [0.1, 0.15) is 51.9 Å². The molecule has 0 aliphatic heterocycles. The molecule has 2 saturated carbocycles. The molecule has 0 bridgehead atoms. The lowest BCUT2D eigenvalue weighted by atomic mass is 10.1. The van der Waals surface area contributed by atoms with E-state index in [0.717, 1.165) is 18.0 Å². The van der Waals surface area contributed by atoms with Crippen molar-refractivity contribution in [2.45, 2.75) is 64.0 Å². The Labute approximate surface area is 75.9 Å². The van der Waals surface area contributed by atoms with Crippen LogP contribution in [-0.4, -0.2) is 12.1 Å². The zero-order chi connectivity index (χ0) is 8.39. The number of rotatable bonds is 2. The Morgan fingerprint density at radius 3 is 2.25 bits per heavy atom. The van der Waals surface area contributed by atoms with Gasteiger partial charge in [-0.3, -0.25) is 0 Å². The Kier molecular flexibility index (Phi) is 2.69. The molecule has 2 atom stereocenters. The van der Waals surface area contributed by atoms with Gasteiger partial charge >= 0.3 is 0 Å². The summed E-state index contributed by atoms with van der Waals surface area (Å²) in [6, 6.07) is 1.73. The maximum atomic E-state index is 3.83. The van der Waals surface area contributed by atoms with Crippen molar-refractivity contribution in [3.8, 4) is 0 Å². The van der Waals surface area contributed by atoms with Gasteiger partial charge in [0.1, 0.15) is 0 Å². The van der Waals surface area contributed by atoms with E-state index in [0.29, 0.717) is 0 Å². The van der Waals surface area contributed by atoms with Crippen LogP contribution in [0.5, 0.6) is 0 Å². The summed E-state index contributed by atoms with van der Waals surface area (Å²) in [6.45, 7) is 2.40. The molecule has 0 spiro atoms. The normalized spacial score (nSPS) is 37.8. The lowest BCUT2D eigenvalue weighted by Crippen LogP contribution is -2.38. The first-order valence-electron chi connectivity index (χ1n) is 5.62. The summed E-state index contributed by atoms with van der Waals surface area (Å²) in [5, 5.41) is 3.83. The topological polar surface area (TPSA) is 12.0 Å². The maximum absolute atomic E-state index is 3.83. The molecule has 1 nitrogen and oxygen atoms in total. The van der Waals surface area contributed by atoms with E-state index in [2.05, 4.69) is 12.2 Å². The Bertz CT molecular complexity index is 138. The Morgan fingerprint density at radius 1 is 0.917 bits per heavy atom. The molecule has 0 amide bonds. The smallest absolute Gasteiger partial charge is 0.00952 e. The van der Waals surface area contributed by atoms with Crippen LogP contribution in [0.15, 0.2) is 0 Å². The van der Waals surface area contributed by atoms with Crippen molar-refractivity contribution < 1.29 is 0 Å². The summed E-state index contributed by atoms with van der Waals surface area (Å²) in [5.41, 5.74) is 0. The third-order valence-electron chi connectivity index (χ3n) is 3.67. The zero-order valence-electron chi connectivity index (χ0n) is 8.18. The number of hydrogen-bond acceptors (Lipinski definition) is 1. The Morgan fingerprint density at radius 2 is 1.67 bits per heavy atom. The van der Waals surface area contributed by atoms with E-state index in [1.807, 2.05) is 0 Å². The first-order valence-corrected chi connectivity index (χ1v) is 5.62. The summed E-state index contributed by atoms with van der Waals surface area (Å²) in [4.78, 5) is 0. The SMILES string of the molecule is C[C@H]1CCC[C@H]1NC1CCCC1. The third-order valence-corrected chi connectivity index (χ3v) is 3.67. The van der Waals surface area contributed by atoms with E-state index in [-0.39, 0.29) is 0 Å². The molecule has 0 aromatic carbocycles. The van der Waals surface area contributed by atoms with Crippen LogP contribution in [0.4, 0.5) is 0 Å². The monoisotopic (exact) mass is 167 g/mol. The molecule has 0 unspecified atom stereocenters. The number of hydrogen-bond donors (Lipinski definition) is 1. The van der Waals surface area contributed by atoms with Crippen LogP contribution in [0.3, 0.4) is 0 Å². The van der Waals surface area contributed by atoms with Crippen LogP contribution >= 0.6 is 0 Å². The van der Waals surface area contributed by atoms with E-state index in [9.17, 15) is 0 Å². The minimum absolute atomic E-state index is 0.855. The van der Waals surface area contributed by atoms with Gasteiger partial charge in [0.2, 0.25) is 0 Å². The largest absolute Gasteiger partial charge is 0.311 e. The van der Waals surface area contributed by atoms with Crippen LogP contribution < -0.4 is 5.32 Å². The first-order chi connectivity index (χ1) is 5.86. The molecule has 2 aliphatic rings. The van der Waals surface area contributed by atoms with E-state index in [1.165, 1.54) is 44.9 Å². The highest BCUT2D eigenvalue weighted by Gasteiger charge is 2.26. The van der Waals surface area contributed by atoms with E-state index in [1.54, 1.807) is 0 Å². The number of nitrogens with one attached hydrogen (secondary N) is 1. The molecule has 0 aromatic rings. The standard InChI is InChI=1S/C11H21N/c1-9-5-4-8-11(9)12-10-6-2-3-7-10/h9-12H,2-8H2,1H3/t9-,11+/m0/s1. The highest BCUT2D eigenvalue weighted by molar-refractivity contribution is 4.85. The van der Waals surface area contributed by atoms with Gasteiger partial charge in [-0.1, -0.05) is 26.2 Å². The van der Waals surface area contributed by atoms with Gasteiger partial charge in [-0.05, 0) is 31.6 Å². The van der Waals surface area contributed by atoms with Crippen molar-refractivity contribution in [3.63, 3.8) is 0 Å². The summed E-state index contributed by atoms with van der Waals surface area (Å²) in [5.74, 6) is 0.936. The second kappa shape index (κ2) is 3.78. The molecule has 70 valence electrons. The molecule has 2 aliphatic carbocycles. The summed E-state index contributed by atoms with van der Waals surface area (Å²) in [6.07, 6.45) is 10.1. The molecule has 0 heterocycles. The zero-order valence-corrected chi connectivity index (χ0v) is 8.18. The van der Waals surface area contributed by atoms with E-state index < -0.39 is 0 Å². The summed E-state index contributed by atoms with van der Waals surface area (Å²) >= 11 is 0. The van der Waals surface area contributed by atoms with Gasteiger partial charge < -0.3 is 5.32 Å². The quantitative estimate of drug-likeness (QED) is 0.667. The van der Waals surface area contributed by atoms with Gasteiger partial charge in [-0.2, -0.15) is 0 Å². The average Bonchev–Trinajstić information content (AvgIpc) is 2.65. The molecule has 12 heavy (non-hydrogen) atoms. The average molecular weight is 167 g/mol. The second-order valence-electron chi connectivity index (χ2n) is 4.66. The van der Waals surface area contributed by atoms with Gasteiger partial charge in [0, 0.05) is 12.1 Å². The fraction of sp³-hybridized carbons (Fsp3) is 1.00. The van der Waals surface area contributed by atoms with Gasteiger partial charge in [-0.25, -0.2) is 0 Å². The fourth-order valence-electron chi connectivity index (χ4n) is 2.79. The van der Waals surface area contributed by atoms with Crippen LogP contribution in [0.2, 0.25) is 0 Å². The van der Waals surface area contributed by atoms with Gasteiger partial charge in [0.05, 0.1) is 0 Å². The van der Waals surface area contributed by atoms with E-state index in [4.69, 9.17) is 0 Å². The van der Waals surface area contributed by atoms with Crippen LogP contribution in [0, 0.1) is 5.92 Å². The predicted octanol–water partition coefficient (Wildman–Crippen LogP) is 2.71. The van der Waals surface area contributed by atoms with Gasteiger partial charge in [0.25, 0.3) is 0 Å². The second-order valence-corrected chi connectivity index (χ2v) is 4.66. The Balaban J connectivity index is 1.77. The third kappa shape index (κ3) is 1.82. The van der Waals surface area contributed by atoms with Crippen LogP contribution in [-0.2, 0) is 0 Å². The summed E-state index contributed by atoms with van der Waals surface area (Å²) < 4.78 is 0. The summed E-state index contributed by atoms with van der Waals surface area (Å²) in [7, 11) is 0. The fourth-order valence-corrected chi connectivity index (χ4v) is 2.79. The molecule has 1 heteroatoms. The minimum Gasteiger partial charge on any atom is -0.311 e. The lowest BCUT2D eigenvalue weighted by Gasteiger charge is -2.22.